The van der Waals surface area contributed by atoms with Crippen LogP contribution in [-0.4, -0.2) is 14.7 Å². The lowest BCUT2D eigenvalue weighted by Gasteiger charge is -2.15. The zero-order chi connectivity index (χ0) is 16.2. The minimum absolute atomic E-state index is 0.430. The van der Waals surface area contributed by atoms with Gasteiger partial charge >= 0.3 is 0 Å². The Labute approximate surface area is 135 Å². The lowest BCUT2D eigenvalue weighted by molar-refractivity contribution is 0.156. The molecule has 3 rings (SSSR count). The molecule has 4 heteroatoms. The highest BCUT2D eigenvalue weighted by Crippen LogP contribution is 2.29. The highest BCUT2D eigenvalue weighted by molar-refractivity contribution is 5.73. The molecule has 0 aliphatic rings. The van der Waals surface area contributed by atoms with E-state index in [2.05, 4.69) is 11.1 Å². The lowest BCUT2D eigenvalue weighted by atomic mass is 9.93. The first-order valence-electron chi connectivity index (χ1n) is 7.43. The van der Waals surface area contributed by atoms with E-state index in [0.29, 0.717) is 12.1 Å². The van der Waals surface area contributed by atoms with Crippen molar-refractivity contribution in [3.05, 3.63) is 77.9 Å². The van der Waals surface area contributed by atoms with Crippen molar-refractivity contribution in [3.8, 4) is 17.2 Å². The number of nitrogens with zero attached hydrogens (tertiary/aromatic N) is 3. The number of hydrogen-bond acceptors (Lipinski definition) is 3. The molecule has 4 nitrogen and oxygen atoms in total. The predicted octanol–water partition coefficient (Wildman–Crippen LogP) is 3.46. The zero-order valence-electron chi connectivity index (χ0n) is 12.8. The fourth-order valence-electron chi connectivity index (χ4n) is 2.66. The number of benzene rings is 2. The van der Waals surface area contributed by atoms with Crippen LogP contribution in [0.2, 0.25) is 0 Å². The van der Waals surface area contributed by atoms with Gasteiger partial charge in [0.15, 0.2) is 0 Å². The van der Waals surface area contributed by atoms with Gasteiger partial charge in [-0.3, -0.25) is 0 Å². The molecule has 0 bridgehead atoms. The van der Waals surface area contributed by atoms with Gasteiger partial charge < -0.3 is 9.67 Å². The van der Waals surface area contributed by atoms with Gasteiger partial charge in [0.05, 0.1) is 30.6 Å². The summed E-state index contributed by atoms with van der Waals surface area (Å²) in [6, 6.07) is 15.7. The maximum Gasteiger partial charge on any atom is 0.0998 e. The molecular weight excluding hydrogens is 286 g/mol. The van der Waals surface area contributed by atoms with Crippen LogP contribution in [0.4, 0.5) is 0 Å². The Bertz CT molecular complexity index is 847. The van der Waals surface area contributed by atoms with E-state index >= 15 is 0 Å². The van der Waals surface area contributed by atoms with Crippen molar-refractivity contribution in [2.75, 3.05) is 0 Å². The third kappa shape index (κ3) is 3.15. The summed E-state index contributed by atoms with van der Waals surface area (Å²) < 4.78 is 1.83. The molecule has 0 fully saturated rings. The van der Waals surface area contributed by atoms with Crippen molar-refractivity contribution in [3.63, 3.8) is 0 Å². The SMILES string of the molecule is Cc1ccccc1-c1cc(C(O)Cn2ccnc2)ccc1C#N. The minimum atomic E-state index is -0.653. The number of aliphatic hydroxyl groups is 1. The first-order valence-corrected chi connectivity index (χ1v) is 7.43. The summed E-state index contributed by atoms with van der Waals surface area (Å²) in [5.41, 5.74) is 4.37. The Morgan fingerprint density at radius 3 is 2.74 bits per heavy atom. The van der Waals surface area contributed by atoms with Crippen LogP contribution in [0.15, 0.2) is 61.2 Å². The molecular formula is C19H17N3O. The van der Waals surface area contributed by atoms with Crippen LogP contribution in [-0.2, 0) is 6.54 Å². The number of aryl methyl sites for hydroxylation is 1. The minimum Gasteiger partial charge on any atom is -0.387 e. The van der Waals surface area contributed by atoms with Crippen molar-refractivity contribution in [1.82, 2.24) is 9.55 Å². The predicted molar refractivity (Wildman–Crippen MR) is 88.5 cm³/mol. The third-order valence-electron chi connectivity index (χ3n) is 3.93. The molecule has 23 heavy (non-hydrogen) atoms. The van der Waals surface area contributed by atoms with Gasteiger partial charge in [-0.25, -0.2) is 4.98 Å². The Morgan fingerprint density at radius 1 is 1.22 bits per heavy atom. The van der Waals surface area contributed by atoms with E-state index in [9.17, 15) is 10.4 Å². The van der Waals surface area contributed by atoms with Crippen LogP contribution in [0.1, 0.15) is 22.8 Å². The summed E-state index contributed by atoms with van der Waals surface area (Å²) in [6.07, 6.45) is 4.52. The van der Waals surface area contributed by atoms with Crippen LogP contribution < -0.4 is 0 Å². The van der Waals surface area contributed by atoms with E-state index in [1.165, 1.54) is 0 Å². The average Bonchev–Trinajstić information content (AvgIpc) is 3.07. The smallest absolute Gasteiger partial charge is 0.0998 e. The second kappa shape index (κ2) is 6.47. The standard InChI is InChI=1S/C19H17N3O/c1-14-4-2-3-5-17(14)18-10-15(6-7-16(18)11-20)19(23)12-22-9-8-21-13-22/h2-10,13,19,23H,12H2,1H3. The molecule has 114 valence electrons. The lowest BCUT2D eigenvalue weighted by Crippen LogP contribution is -2.07. The van der Waals surface area contributed by atoms with Gasteiger partial charge in [0.2, 0.25) is 0 Å². The normalized spacial score (nSPS) is 11.9. The molecule has 1 unspecified atom stereocenters. The Kier molecular flexibility index (Phi) is 4.22. The molecule has 0 saturated heterocycles. The Balaban J connectivity index is 2.00. The third-order valence-corrected chi connectivity index (χ3v) is 3.93. The van der Waals surface area contributed by atoms with Crippen LogP contribution in [0.5, 0.6) is 0 Å². The molecule has 0 aliphatic heterocycles. The molecule has 0 spiro atoms. The van der Waals surface area contributed by atoms with Crippen LogP contribution in [0, 0.1) is 18.3 Å². The van der Waals surface area contributed by atoms with Crippen molar-refractivity contribution >= 4 is 0 Å². The van der Waals surface area contributed by atoms with Gasteiger partial charge in [-0.05, 0) is 35.7 Å². The molecule has 0 amide bonds. The summed E-state index contributed by atoms with van der Waals surface area (Å²) in [5.74, 6) is 0. The number of hydrogen-bond donors (Lipinski definition) is 1. The van der Waals surface area contributed by atoms with Gasteiger partial charge in [0.25, 0.3) is 0 Å². The topological polar surface area (TPSA) is 61.8 Å². The fraction of sp³-hybridized carbons (Fsp3) is 0.158. The Morgan fingerprint density at radius 2 is 2.04 bits per heavy atom. The molecule has 1 N–H and O–H groups in total. The van der Waals surface area contributed by atoms with E-state index < -0.39 is 6.10 Å². The molecule has 0 radical (unpaired) electrons. The van der Waals surface area contributed by atoms with E-state index in [-0.39, 0.29) is 0 Å². The summed E-state index contributed by atoms with van der Waals surface area (Å²) in [4.78, 5) is 3.98. The number of rotatable bonds is 4. The van der Waals surface area contributed by atoms with Crippen LogP contribution in [0.3, 0.4) is 0 Å². The second-order valence-corrected chi connectivity index (χ2v) is 5.51. The maximum atomic E-state index is 10.5. The van der Waals surface area contributed by atoms with E-state index in [1.807, 2.05) is 54.1 Å². The number of imidazole rings is 1. The summed E-state index contributed by atoms with van der Waals surface area (Å²) >= 11 is 0. The fourth-order valence-corrected chi connectivity index (χ4v) is 2.66. The molecule has 2 aromatic carbocycles. The largest absolute Gasteiger partial charge is 0.387 e. The monoisotopic (exact) mass is 303 g/mol. The van der Waals surface area contributed by atoms with E-state index in [1.54, 1.807) is 18.6 Å². The van der Waals surface area contributed by atoms with Crippen LogP contribution >= 0.6 is 0 Å². The number of aliphatic hydroxyl groups excluding tert-OH is 1. The highest BCUT2D eigenvalue weighted by Gasteiger charge is 2.13. The quantitative estimate of drug-likeness (QED) is 0.803. The van der Waals surface area contributed by atoms with Gasteiger partial charge in [-0.15, -0.1) is 0 Å². The van der Waals surface area contributed by atoms with E-state index in [4.69, 9.17) is 0 Å². The molecule has 3 aromatic rings. The molecule has 0 saturated carbocycles. The molecule has 1 aromatic heterocycles. The van der Waals surface area contributed by atoms with Gasteiger partial charge in [-0.2, -0.15) is 5.26 Å². The van der Waals surface area contributed by atoms with Crippen molar-refractivity contribution in [2.24, 2.45) is 0 Å². The zero-order valence-corrected chi connectivity index (χ0v) is 12.8. The number of aromatic nitrogens is 2. The van der Waals surface area contributed by atoms with Crippen molar-refractivity contribution in [1.29, 1.82) is 5.26 Å². The van der Waals surface area contributed by atoms with Gasteiger partial charge in [0.1, 0.15) is 0 Å². The van der Waals surface area contributed by atoms with Crippen LogP contribution in [0.25, 0.3) is 11.1 Å². The number of nitriles is 1. The summed E-state index contributed by atoms with van der Waals surface area (Å²) in [7, 11) is 0. The van der Waals surface area contributed by atoms with E-state index in [0.717, 1.165) is 22.3 Å². The summed E-state index contributed by atoms with van der Waals surface area (Å²) in [6.45, 7) is 2.45. The highest BCUT2D eigenvalue weighted by atomic mass is 16.3. The van der Waals surface area contributed by atoms with Gasteiger partial charge in [0, 0.05) is 18.0 Å². The van der Waals surface area contributed by atoms with Gasteiger partial charge in [-0.1, -0.05) is 30.3 Å². The Hall–Kier alpha value is -2.90. The summed E-state index contributed by atoms with van der Waals surface area (Å²) in [5, 5.41) is 19.8. The average molecular weight is 303 g/mol. The molecule has 1 atom stereocenters. The molecule has 1 heterocycles. The second-order valence-electron chi connectivity index (χ2n) is 5.51. The van der Waals surface area contributed by atoms with Crippen molar-refractivity contribution < 1.29 is 5.11 Å². The maximum absolute atomic E-state index is 10.5. The first kappa shape index (κ1) is 15.0. The van der Waals surface area contributed by atoms with Crippen molar-refractivity contribution in [2.45, 2.75) is 19.6 Å². The first-order chi connectivity index (χ1) is 11.2. The molecule has 0 aliphatic carbocycles.